The third kappa shape index (κ3) is 2.02. The van der Waals surface area contributed by atoms with Gasteiger partial charge >= 0.3 is 12.1 Å². The van der Waals surface area contributed by atoms with Crippen LogP contribution in [0.5, 0.6) is 0 Å². The highest BCUT2D eigenvalue weighted by Gasteiger charge is 2.55. The van der Waals surface area contributed by atoms with Gasteiger partial charge in [0.1, 0.15) is 12.3 Å². The Hall–Kier alpha value is -1.85. The third-order valence-electron chi connectivity index (χ3n) is 3.40. The van der Waals surface area contributed by atoms with Gasteiger partial charge in [0.05, 0.1) is 0 Å². The van der Waals surface area contributed by atoms with Crippen molar-refractivity contribution in [3.05, 3.63) is 12.7 Å². The SMILES string of the molecule is C=CC[C@]1(C)C(C=O)CN(C(=O)O)[C@@H]1C(=O)O. The van der Waals surface area contributed by atoms with Crippen LogP contribution in [-0.2, 0) is 9.59 Å². The van der Waals surface area contributed by atoms with Gasteiger partial charge in [0.25, 0.3) is 0 Å². The highest BCUT2D eigenvalue weighted by Crippen LogP contribution is 2.43. The Bertz CT molecular complexity index is 367. The van der Waals surface area contributed by atoms with Gasteiger partial charge in [-0.05, 0) is 6.42 Å². The minimum Gasteiger partial charge on any atom is -0.480 e. The van der Waals surface area contributed by atoms with Crippen molar-refractivity contribution in [2.24, 2.45) is 11.3 Å². The van der Waals surface area contributed by atoms with Crippen molar-refractivity contribution in [2.45, 2.75) is 19.4 Å². The first-order chi connectivity index (χ1) is 7.88. The van der Waals surface area contributed by atoms with Gasteiger partial charge in [-0.25, -0.2) is 9.59 Å². The predicted molar refractivity (Wildman–Crippen MR) is 58.6 cm³/mol. The molecule has 1 amide bonds. The standard InChI is InChI=1S/C11H15NO5/c1-3-4-11(2)7(6-13)5-12(10(16)17)8(11)9(14)15/h3,6-8H,1,4-5H2,2H3,(H,14,15)(H,16,17)/t7?,8-,11-/m1/s1. The van der Waals surface area contributed by atoms with Gasteiger partial charge in [0.15, 0.2) is 0 Å². The minimum atomic E-state index is -1.32. The van der Waals surface area contributed by atoms with Crippen LogP contribution in [0.15, 0.2) is 12.7 Å². The van der Waals surface area contributed by atoms with Crippen molar-refractivity contribution in [1.29, 1.82) is 0 Å². The number of nitrogens with zero attached hydrogens (tertiary/aromatic N) is 1. The van der Waals surface area contributed by atoms with Gasteiger partial charge in [0, 0.05) is 17.9 Å². The Morgan fingerprint density at radius 3 is 2.47 bits per heavy atom. The van der Waals surface area contributed by atoms with Gasteiger partial charge in [-0.1, -0.05) is 13.0 Å². The van der Waals surface area contributed by atoms with Crippen LogP contribution in [0.3, 0.4) is 0 Å². The quantitative estimate of drug-likeness (QED) is 0.561. The third-order valence-corrected chi connectivity index (χ3v) is 3.40. The first-order valence-electron chi connectivity index (χ1n) is 5.17. The summed E-state index contributed by atoms with van der Waals surface area (Å²) in [7, 11) is 0. The molecule has 1 aliphatic heterocycles. The Kier molecular flexibility index (Phi) is 3.55. The number of carbonyl (C=O) groups excluding carboxylic acids is 1. The molecule has 1 heterocycles. The Balaban J connectivity index is 3.20. The molecule has 0 saturated carbocycles. The van der Waals surface area contributed by atoms with Gasteiger partial charge in [-0.15, -0.1) is 6.58 Å². The molecule has 2 N–H and O–H groups in total. The van der Waals surface area contributed by atoms with Gasteiger partial charge in [-0.2, -0.15) is 0 Å². The number of amides is 1. The summed E-state index contributed by atoms with van der Waals surface area (Å²) in [6.07, 6.45) is 1.09. The maximum Gasteiger partial charge on any atom is 0.408 e. The molecule has 0 radical (unpaired) electrons. The summed E-state index contributed by atoms with van der Waals surface area (Å²) >= 11 is 0. The molecule has 6 nitrogen and oxygen atoms in total. The average Bonchev–Trinajstić information content (AvgIpc) is 2.51. The van der Waals surface area contributed by atoms with Crippen LogP contribution in [-0.4, -0.2) is 46.0 Å². The van der Waals surface area contributed by atoms with Gasteiger partial charge in [0.2, 0.25) is 0 Å². The van der Waals surface area contributed by atoms with E-state index in [2.05, 4.69) is 6.58 Å². The fraction of sp³-hybridized carbons (Fsp3) is 0.545. The van der Waals surface area contributed by atoms with Crippen molar-refractivity contribution < 1.29 is 24.6 Å². The molecule has 0 aromatic heterocycles. The lowest BCUT2D eigenvalue weighted by Crippen LogP contribution is -2.47. The van der Waals surface area contributed by atoms with Crippen molar-refractivity contribution in [3.63, 3.8) is 0 Å². The average molecular weight is 241 g/mol. The van der Waals surface area contributed by atoms with Gasteiger partial charge in [-0.3, -0.25) is 4.90 Å². The Morgan fingerprint density at radius 2 is 2.12 bits per heavy atom. The summed E-state index contributed by atoms with van der Waals surface area (Å²) in [5, 5.41) is 18.1. The minimum absolute atomic E-state index is 0.0832. The molecule has 1 fully saturated rings. The first-order valence-corrected chi connectivity index (χ1v) is 5.17. The second-order valence-electron chi connectivity index (χ2n) is 4.42. The molecule has 1 unspecified atom stereocenters. The van der Waals surface area contributed by atoms with E-state index in [-0.39, 0.29) is 13.0 Å². The fourth-order valence-corrected chi connectivity index (χ4v) is 2.46. The predicted octanol–water partition coefficient (Wildman–Crippen LogP) is 0.831. The summed E-state index contributed by atoms with van der Waals surface area (Å²) in [6, 6.07) is -1.21. The van der Waals surface area contributed by atoms with Crippen molar-refractivity contribution in [2.75, 3.05) is 6.54 Å². The number of carbonyl (C=O) groups is 3. The van der Waals surface area contributed by atoms with Crippen LogP contribution in [0.4, 0.5) is 4.79 Å². The summed E-state index contributed by atoms with van der Waals surface area (Å²) in [5.74, 6) is -1.86. The van der Waals surface area contributed by atoms with Crippen LogP contribution >= 0.6 is 0 Å². The number of hydrogen-bond donors (Lipinski definition) is 2. The second kappa shape index (κ2) is 4.57. The highest BCUT2D eigenvalue weighted by atomic mass is 16.4. The molecule has 17 heavy (non-hydrogen) atoms. The number of carboxylic acid groups (broad SMARTS) is 2. The van der Waals surface area contributed by atoms with E-state index < -0.39 is 29.4 Å². The maximum atomic E-state index is 11.2. The fourth-order valence-electron chi connectivity index (χ4n) is 2.46. The number of allylic oxidation sites excluding steroid dienone is 1. The summed E-state index contributed by atoms with van der Waals surface area (Å²) in [5.41, 5.74) is -0.937. The monoisotopic (exact) mass is 241 g/mol. The smallest absolute Gasteiger partial charge is 0.408 e. The maximum absolute atomic E-state index is 11.2. The van der Waals surface area contributed by atoms with Crippen molar-refractivity contribution in [1.82, 2.24) is 4.90 Å². The summed E-state index contributed by atoms with van der Waals surface area (Å²) in [4.78, 5) is 34.0. The van der Waals surface area contributed by atoms with Crippen LogP contribution in [0, 0.1) is 11.3 Å². The van der Waals surface area contributed by atoms with Gasteiger partial charge < -0.3 is 15.0 Å². The normalized spacial score (nSPS) is 32.2. The topological polar surface area (TPSA) is 94.9 Å². The van der Waals surface area contributed by atoms with E-state index in [1.54, 1.807) is 6.92 Å². The van der Waals surface area contributed by atoms with Crippen LogP contribution in [0.1, 0.15) is 13.3 Å². The zero-order chi connectivity index (χ0) is 13.2. The molecule has 0 spiro atoms. The van der Waals surface area contributed by atoms with Crippen LogP contribution in [0.2, 0.25) is 0 Å². The van der Waals surface area contributed by atoms with E-state index in [1.165, 1.54) is 6.08 Å². The lowest BCUT2D eigenvalue weighted by Gasteiger charge is -2.31. The number of aldehydes is 1. The Morgan fingerprint density at radius 1 is 1.53 bits per heavy atom. The number of likely N-dealkylation sites (tertiary alicyclic amines) is 1. The molecule has 3 atom stereocenters. The first kappa shape index (κ1) is 13.2. The van der Waals surface area contributed by atoms with Crippen LogP contribution in [0.25, 0.3) is 0 Å². The Labute approximate surface area is 98.5 Å². The molecular formula is C11H15NO5. The molecule has 0 aromatic rings. The number of aliphatic carboxylic acids is 1. The van der Waals surface area contributed by atoms with E-state index in [1.807, 2.05) is 0 Å². The molecule has 1 aliphatic rings. The van der Waals surface area contributed by atoms with E-state index >= 15 is 0 Å². The number of carboxylic acids is 1. The molecular weight excluding hydrogens is 226 g/mol. The van der Waals surface area contributed by atoms with E-state index in [4.69, 9.17) is 10.2 Å². The number of hydrogen-bond acceptors (Lipinski definition) is 3. The molecule has 1 saturated heterocycles. The van der Waals surface area contributed by atoms with Crippen molar-refractivity contribution in [3.8, 4) is 0 Å². The summed E-state index contributed by atoms with van der Waals surface area (Å²) < 4.78 is 0. The van der Waals surface area contributed by atoms with E-state index in [9.17, 15) is 14.4 Å². The summed E-state index contributed by atoms with van der Waals surface area (Å²) in [6.45, 7) is 5.05. The largest absolute Gasteiger partial charge is 0.480 e. The lowest BCUT2D eigenvalue weighted by molar-refractivity contribution is -0.145. The number of rotatable bonds is 4. The lowest BCUT2D eigenvalue weighted by atomic mass is 9.73. The van der Waals surface area contributed by atoms with Crippen molar-refractivity contribution >= 4 is 18.3 Å². The zero-order valence-electron chi connectivity index (χ0n) is 9.50. The van der Waals surface area contributed by atoms with E-state index in [0.717, 1.165) is 4.90 Å². The molecule has 0 aliphatic carbocycles. The highest BCUT2D eigenvalue weighted by molar-refractivity contribution is 5.83. The molecule has 0 bridgehead atoms. The molecule has 1 rings (SSSR count). The van der Waals surface area contributed by atoms with Crippen LogP contribution < -0.4 is 0 Å². The second-order valence-corrected chi connectivity index (χ2v) is 4.42. The molecule has 6 heteroatoms. The molecule has 0 aromatic carbocycles. The zero-order valence-corrected chi connectivity index (χ0v) is 9.50. The van der Waals surface area contributed by atoms with E-state index in [0.29, 0.717) is 6.29 Å². The molecule has 94 valence electrons.